The van der Waals surface area contributed by atoms with Crippen LogP contribution in [0.5, 0.6) is 0 Å². The van der Waals surface area contributed by atoms with Gasteiger partial charge in [0.05, 0.1) is 0 Å². The largest absolute Gasteiger partial charge is 0.343 e. The number of fused-ring (bicyclic) bond motifs is 1. The smallest absolute Gasteiger partial charge is 0.338 e. The number of carbonyl (C=O) groups excluding carboxylic acids is 1. The van der Waals surface area contributed by atoms with E-state index >= 15 is 0 Å². The van der Waals surface area contributed by atoms with Crippen molar-refractivity contribution in [2.45, 2.75) is 32.2 Å². The van der Waals surface area contributed by atoms with Crippen LogP contribution in [-0.4, -0.2) is 53.3 Å². The Morgan fingerprint density at radius 1 is 1.46 bits per heavy atom. The van der Waals surface area contributed by atoms with Crippen LogP contribution in [0.2, 0.25) is 0 Å². The Balaban J connectivity index is 1.59. The first kappa shape index (κ1) is 14.7. The number of imidazole rings is 1. The van der Waals surface area contributed by atoms with E-state index in [4.69, 9.17) is 0 Å². The molecule has 1 aliphatic heterocycles. The maximum absolute atomic E-state index is 12.9. The van der Waals surface area contributed by atoms with Gasteiger partial charge in [-0.1, -0.05) is 0 Å². The summed E-state index contributed by atoms with van der Waals surface area (Å²) in [6.07, 6.45) is 6.92. The molecule has 1 unspecified atom stereocenters. The summed E-state index contributed by atoms with van der Waals surface area (Å²) in [6, 6.07) is 0. The van der Waals surface area contributed by atoms with Crippen molar-refractivity contribution >= 4 is 11.6 Å². The van der Waals surface area contributed by atoms with E-state index in [1.165, 1.54) is 0 Å². The Bertz CT molecular complexity index is 931. The van der Waals surface area contributed by atoms with Crippen LogP contribution < -0.4 is 5.69 Å². The van der Waals surface area contributed by atoms with Gasteiger partial charge in [-0.15, -0.1) is 0 Å². The van der Waals surface area contributed by atoms with Crippen LogP contribution in [0.15, 0.2) is 23.4 Å². The van der Waals surface area contributed by atoms with Crippen molar-refractivity contribution < 1.29 is 4.79 Å². The number of likely N-dealkylation sites (tertiary alicyclic amines) is 1. The normalized spacial score (nSPS) is 18.4. The minimum absolute atomic E-state index is 0.0434. The van der Waals surface area contributed by atoms with E-state index in [1.54, 1.807) is 27.7 Å². The quantitative estimate of drug-likeness (QED) is 0.733. The average molecular weight is 329 g/mol. The molecular formula is C15H19N7O2. The fourth-order valence-corrected chi connectivity index (χ4v) is 3.45. The van der Waals surface area contributed by atoms with E-state index < -0.39 is 0 Å². The van der Waals surface area contributed by atoms with Crippen molar-refractivity contribution in [3.8, 4) is 0 Å². The first-order valence-electron chi connectivity index (χ1n) is 8.14. The van der Waals surface area contributed by atoms with Crippen molar-refractivity contribution in [1.29, 1.82) is 0 Å². The van der Waals surface area contributed by atoms with Gasteiger partial charge in [-0.05, 0) is 19.8 Å². The molecule has 1 amide bonds. The molecule has 1 saturated heterocycles. The number of H-pyrrole nitrogens is 2. The summed E-state index contributed by atoms with van der Waals surface area (Å²) in [4.78, 5) is 30.7. The van der Waals surface area contributed by atoms with Crippen LogP contribution >= 0.6 is 0 Å². The molecule has 9 nitrogen and oxygen atoms in total. The maximum Gasteiger partial charge on any atom is 0.343 e. The molecule has 0 spiro atoms. The van der Waals surface area contributed by atoms with E-state index in [1.807, 2.05) is 11.8 Å². The van der Waals surface area contributed by atoms with Crippen molar-refractivity contribution in [2.24, 2.45) is 0 Å². The van der Waals surface area contributed by atoms with Gasteiger partial charge in [0.2, 0.25) is 0 Å². The van der Waals surface area contributed by atoms with Gasteiger partial charge in [0.1, 0.15) is 11.4 Å². The summed E-state index contributed by atoms with van der Waals surface area (Å²) in [6.45, 7) is 3.75. The molecule has 4 heterocycles. The second-order valence-electron chi connectivity index (χ2n) is 6.03. The molecule has 0 aliphatic carbocycles. The molecule has 0 radical (unpaired) electrons. The van der Waals surface area contributed by atoms with Crippen LogP contribution in [0.1, 0.15) is 41.9 Å². The van der Waals surface area contributed by atoms with Gasteiger partial charge < -0.3 is 4.90 Å². The molecule has 0 saturated carbocycles. The summed E-state index contributed by atoms with van der Waals surface area (Å²) in [5.74, 6) is 0.759. The second-order valence-corrected chi connectivity index (χ2v) is 6.03. The molecule has 24 heavy (non-hydrogen) atoms. The molecule has 4 rings (SSSR count). The highest BCUT2D eigenvalue weighted by atomic mass is 16.2. The molecule has 1 atom stereocenters. The first-order chi connectivity index (χ1) is 11.7. The third-order valence-corrected chi connectivity index (χ3v) is 4.64. The second kappa shape index (κ2) is 5.66. The van der Waals surface area contributed by atoms with Gasteiger partial charge in [0, 0.05) is 44.1 Å². The topological polar surface area (TPSA) is 104 Å². The maximum atomic E-state index is 12.9. The van der Waals surface area contributed by atoms with Crippen LogP contribution in [0, 0.1) is 0 Å². The summed E-state index contributed by atoms with van der Waals surface area (Å²) in [5.41, 5.74) is 1.00. The third kappa shape index (κ3) is 2.24. The number of hydrogen-bond donors (Lipinski definition) is 2. The lowest BCUT2D eigenvalue weighted by Gasteiger charge is -2.32. The van der Waals surface area contributed by atoms with Gasteiger partial charge in [-0.2, -0.15) is 5.10 Å². The lowest BCUT2D eigenvalue weighted by Crippen LogP contribution is -2.40. The molecule has 3 aromatic heterocycles. The third-order valence-electron chi connectivity index (χ3n) is 4.64. The summed E-state index contributed by atoms with van der Waals surface area (Å²) in [5, 5.41) is 9.68. The number of nitrogens with one attached hydrogen (secondary N) is 2. The zero-order valence-corrected chi connectivity index (χ0v) is 13.4. The molecule has 126 valence electrons. The SMILES string of the molecule is CCn1c(C2CCCN(C(=O)c3c[nH]n4ccnc34)C2)n[nH]c1=O. The Morgan fingerprint density at radius 3 is 3.17 bits per heavy atom. The number of rotatable bonds is 3. The summed E-state index contributed by atoms with van der Waals surface area (Å²) in [7, 11) is 0. The highest BCUT2D eigenvalue weighted by Gasteiger charge is 2.30. The zero-order valence-electron chi connectivity index (χ0n) is 13.4. The highest BCUT2D eigenvalue weighted by Crippen LogP contribution is 2.26. The average Bonchev–Trinajstić information content (AvgIpc) is 3.29. The van der Waals surface area contributed by atoms with Crippen LogP contribution in [0.3, 0.4) is 0 Å². The predicted molar refractivity (Wildman–Crippen MR) is 85.9 cm³/mol. The van der Waals surface area contributed by atoms with Gasteiger partial charge in [-0.25, -0.2) is 19.4 Å². The van der Waals surface area contributed by atoms with Crippen molar-refractivity contribution in [3.05, 3.63) is 40.5 Å². The fraction of sp³-hybridized carbons (Fsp3) is 0.467. The number of hydrogen-bond acceptors (Lipinski definition) is 4. The lowest BCUT2D eigenvalue weighted by molar-refractivity contribution is 0.0705. The highest BCUT2D eigenvalue weighted by molar-refractivity contribution is 5.99. The number of aromatic nitrogens is 6. The number of piperidine rings is 1. The van der Waals surface area contributed by atoms with Crippen molar-refractivity contribution in [3.63, 3.8) is 0 Å². The van der Waals surface area contributed by atoms with Crippen LogP contribution in [0.4, 0.5) is 0 Å². The van der Waals surface area contributed by atoms with Gasteiger partial charge in [-0.3, -0.25) is 14.5 Å². The zero-order chi connectivity index (χ0) is 16.7. The van der Waals surface area contributed by atoms with E-state index in [-0.39, 0.29) is 17.5 Å². The Kier molecular flexibility index (Phi) is 3.47. The standard InChI is InChI=1S/C15H19N7O2/c1-2-21-12(18-19-15(21)24)10-4-3-6-20(9-10)14(23)11-8-17-22-7-5-16-13(11)22/h5,7-8,10,17H,2-4,6,9H2,1H3,(H,19,24). The van der Waals surface area contributed by atoms with E-state index in [0.29, 0.717) is 30.8 Å². The van der Waals surface area contributed by atoms with Gasteiger partial charge in [0.25, 0.3) is 5.91 Å². The molecular weight excluding hydrogens is 310 g/mol. The molecule has 2 N–H and O–H groups in total. The summed E-state index contributed by atoms with van der Waals surface area (Å²) >= 11 is 0. The van der Waals surface area contributed by atoms with Crippen LogP contribution in [-0.2, 0) is 6.54 Å². The molecule has 3 aromatic rings. The Hall–Kier alpha value is -2.84. The number of amides is 1. The molecule has 0 aromatic carbocycles. The van der Waals surface area contributed by atoms with E-state index in [2.05, 4.69) is 20.3 Å². The van der Waals surface area contributed by atoms with Crippen molar-refractivity contribution in [1.82, 2.24) is 34.3 Å². The monoisotopic (exact) mass is 329 g/mol. The van der Waals surface area contributed by atoms with E-state index in [0.717, 1.165) is 18.7 Å². The van der Waals surface area contributed by atoms with E-state index in [9.17, 15) is 9.59 Å². The fourth-order valence-electron chi connectivity index (χ4n) is 3.45. The molecule has 1 fully saturated rings. The van der Waals surface area contributed by atoms with Crippen molar-refractivity contribution in [2.75, 3.05) is 13.1 Å². The Morgan fingerprint density at radius 2 is 2.33 bits per heavy atom. The first-order valence-corrected chi connectivity index (χ1v) is 8.14. The summed E-state index contributed by atoms with van der Waals surface area (Å²) < 4.78 is 3.36. The molecule has 1 aliphatic rings. The lowest BCUT2D eigenvalue weighted by atomic mass is 9.96. The minimum atomic E-state index is -0.194. The molecule has 9 heteroatoms. The van der Waals surface area contributed by atoms with Gasteiger partial charge >= 0.3 is 5.69 Å². The Labute approximate surface area is 137 Å². The minimum Gasteiger partial charge on any atom is -0.338 e. The number of carbonyl (C=O) groups is 1. The molecule has 0 bridgehead atoms. The number of nitrogens with zero attached hydrogens (tertiary/aromatic N) is 5. The predicted octanol–water partition coefficient (Wildman–Crippen LogP) is 0.587. The van der Waals surface area contributed by atoms with Gasteiger partial charge in [0.15, 0.2) is 5.65 Å². The number of aromatic amines is 2. The van der Waals surface area contributed by atoms with Crippen LogP contribution in [0.25, 0.3) is 5.65 Å².